The van der Waals surface area contributed by atoms with Crippen molar-refractivity contribution in [1.82, 2.24) is 4.98 Å². The summed E-state index contributed by atoms with van der Waals surface area (Å²) in [6.45, 7) is 0. The van der Waals surface area contributed by atoms with Crippen molar-refractivity contribution < 1.29 is 18.3 Å². The molecule has 0 saturated carbocycles. The predicted octanol–water partition coefficient (Wildman–Crippen LogP) is 5.41. The summed E-state index contributed by atoms with van der Waals surface area (Å²) >= 11 is 0. The zero-order valence-electron chi connectivity index (χ0n) is 15.6. The van der Waals surface area contributed by atoms with Gasteiger partial charge >= 0.3 is 0 Å². The van der Waals surface area contributed by atoms with Gasteiger partial charge in [-0.15, -0.1) is 0 Å². The molecule has 1 N–H and O–H groups in total. The second-order valence-electron chi connectivity index (χ2n) is 6.32. The molecule has 0 radical (unpaired) electrons. The maximum atomic E-state index is 14.6. The van der Waals surface area contributed by atoms with E-state index in [1.807, 2.05) is 12.1 Å². The number of hydrogen-bond donors (Lipinski definition) is 1. The first kappa shape index (κ1) is 18.4. The summed E-state index contributed by atoms with van der Waals surface area (Å²) in [6.07, 6.45) is 2.96. The number of oxazole rings is 1. The van der Waals surface area contributed by atoms with Crippen molar-refractivity contribution in [2.24, 2.45) is 0 Å². The lowest BCUT2D eigenvalue weighted by atomic mass is 10.0. The molecule has 4 aromatic rings. The molecule has 3 aromatic carbocycles. The summed E-state index contributed by atoms with van der Waals surface area (Å²) in [7, 11) is 1.59. The lowest BCUT2D eigenvalue weighted by Gasteiger charge is -2.09. The van der Waals surface area contributed by atoms with E-state index in [-0.39, 0.29) is 5.56 Å². The average molecular weight is 388 g/mol. The van der Waals surface area contributed by atoms with Gasteiger partial charge in [0.1, 0.15) is 11.6 Å². The number of anilines is 1. The third-order valence-electron chi connectivity index (χ3n) is 4.50. The van der Waals surface area contributed by atoms with Gasteiger partial charge in [-0.2, -0.15) is 0 Å². The molecule has 0 fully saturated rings. The molecule has 29 heavy (non-hydrogen) atoms. The molecule has 0 aliphatic carbocycles. The van der Waals surface area contributed by atoms with Crippen LogP contribution in [0.3, 0.4) is 0 Å². The number of benzene rings is 3. The summed E-state index contributed by atoms with van der Waals surface area (Å²) in [5, 5.41) is 2.70. The number of aromatic nitrogens is 1. The largest absolute Gasteiger partial charge is 0.497 e. The standard InChI is InChI=1S/C23H17FN2O3/c1-28-19-9-4-15(5-10-19)17-6-11-20(21(24)12-17)23(27)26-18-7-2-16(3-8-18)22-13-25-14-29-22/h2-14H,1H3,(H,26,27). The fourth-order valence-corrected chi connectivity index (χ4v) is 2.94. The highest BCUT2D eigenvalue weighted by Gasteiger charge is 2.13. The summed E-state index contributed by atoms with van der Waals surface area (Å²) in [5.74, 6) is 0.243. The van der Waals surface area contributed by atoms with E-state index in [1.54, 1.807) is 55.8 Å². The number of nitrogens with one attached hydrogen (secondary N) is 1. The molecule has 0 atom stereocenters. The van der Waals surface area contributed by atoms with Crippen LogP contribution < -0.4 is 10.1 Å². The highest BCUT2D eigenvalue weighted by molar-refractivity contribution is 6.04. The van der Waals surface area contributed by atoms with Gasteiger partial charge in [-0.3, -0.25) is 4.79 Å². The van der Waals surface area contributed by atoms with E-state index in [1.165, 1.54) is 18.5 Å². The molecule has 5 nitrogen and oxygen atoms in total. The fraction of sp³-hybridized carbons (Fsp3) is 0.0435. The number of methoxy groups -OCH3 is 1. The Bertz CT molecular complexity index is 1120. The maximum absolute atomic E-state index is 14.6. The third kappa shape index (κ3) is 4.01. The third-order valence-corrected chi connectivity index (χ3v) is 4.50. The second-order valence-corrected chi connectivity index (χ2v) is 6.32. The molecular weight excluding hydrogens is 371 g/mol. The number of amides is 1. The number of carbonyl (C=O) groups is 1. The number of hydrogen-bond acceptors (Lipinski definition) is 4. The highest BCUT2D eigenvalue weighted by atomic mass is 19.1. The Kier molecular flexibility index (Phi) is 5.07. The quantitative estimate of drug-likeness (QED) is 0.497. The van der Waals surface area contributed by atoms with Crippen molar-refractivity contribution in [3.63, 3.8) is 0 Å². The van der Waals surface area contributed by atoms with Crippen molar-refractivity contribution in [1.29, 1.82) is 0 Å². The van der Waals surface area contributed by atoms with Crippen LogP contribution in [0.4, 0.5) is 10.1 Å². The molecule has 0 unspecified atom stereocenters. The Balaban J connectivity index is 1.49. The Morgan fingerprint density at radius 1 is 0.966 bits per heavy atom. The number of nitrogens with zero attached hydrogens (tertiary/aromatic N) is 1. The van der Waals surface area contributed by atoms with Crippen LogP contribution in [0.2, 0.25) is 0 Å². The molecule has 0 bridgehead atoms. The van der Waals surface area contributed by atoms with Gasteiger partial charge < -0.3 is 14.5 Å². The van der Waals surface area contributed by atoms with Crippen LogP contribution in [0.5, 0.6) is 5.75 Å². The summed E-state index contributed by atoms with van der Waals surface area (Å²) < 4.78 is 24.9. The molecule has 4 rings (SSSR count). The van der Waals surface area contributed by atoms with Crippen molar-refractivity contribution in [2.75, 3.05) is 12.4 Å². The van der Waals surface area contributed by atoms with Gasteiger partial charge in [-0.25, -0.2) is 9.37 Å². The second kappa shape index (κ2) is 7.98. The average Bonchev–Trinajstić information content (AvgIpc) is 3.29. The molecular formula is C23H17FN2O3. The minimum atomic E-state index is -0.589. The van der Waals surface area contributed by atoms with E-state index in [0.29, 0.717) is 17.0 Å². The molecule has 0 saturated heterocycles. The summed E-state index contributed by atoms with van der Waals surface area (Å²) in [5.41, 5.74) is 2.87. The van der Waals surface area contributed by atoms with Gasteiger partial charge in [-0.1, -0.05) is 18.2 Å². The number of rotatable bonds is 5. The van der Waals surface area contributed by atoms with Gasteiger partial charge in [0.2, 0.25) is 0 Å². The molecule has 0 spiro atoms. The zero-order valence-corrected chi connectivity index (χ0v) is 15.6. The van der Waals surface area contributed by atoms with Gasteiger partial charge in [0.25, 0.3) is 5.91 Å². The van der Waals surface area contributed by atoms with Crippen molar-refractivity contribution >= 4 is 11.6 Å². The van der Waals surface area contributed by atoms with Crippen LogP contribution in [0.1, 0.15) is 10.4 Å². The number of halogens is 1. The first-order valence-electron chi connectivity index (χ1n) is 8.88. The molecule has 6 heteroatoms. The molecule has 1 heterocycles. The van der Waals surface area contributed by atoms with Gasteiger partial charge in [-0.05, 0) is 59.7 Å². The summed E-state index contributed by atoms with van der Waals surface area (Å²) in [6, 6.07) is 18.8. The number of carbonyl (C=O) groups excluding carboxylic acids is 1. The van der Waals surface area contributed by atoms with Crippen LogP contribution in [0.15, 0.2) is 83.7 Å². The Hall–Kier alpha value is -3.93. The van der Waals surface area contributed by atoms with Crippen LogP contribution >= 0.6 is 0 Å². The first-order chi connectivity index (χ1) is 14.1. The van der Waals surface area contributed by atoms with E-state index in [4.69, 9.17) is 9.15 Å². The molecule has 1 aromatic heterocycles. The van der Waals surface area contributed by atoms with Crippen molar-refractivity contribution in [3.05, 3.63) is 90.7 Å². The van der Waals surface area contributed by atoms with E-state index in [9.17, 15) is 9.18 Å². The lowest BCUT2D eigenvalue weighted by molar-refractivity contribution is 0.102. The van der Waals surface area contributed by atoms with Gasteiger partial charge in [0.05, 0.1) is 18.9 Å². The predicted molar refractivity (Wildman–Crippen MR) is 108 cm³/mol. The normalized spacial score (nSPS) is 10.6. The van der Waals surface area contributed by atoms with Gasteiger partial charge in [0.15, 0.2) is 12.2 Å². The fourth-order valence-electron chi connectivity index (χ4n) is 2.94. The molecule has 0 aliphatic rings. The monoisotopic (exact) mass is 388 g/mol. The zero-order chi connectivity index (χ0) is 20.2. The van der Waals surface area contributed by atoms with E-state index < -0.39 is 11.7 Å². The van der Waals surface area contributed by atoms with E-state index in [2.05, 4.69) is 10.3 Å². The molecule has 1 amide bonds. The van der Waals surface area contributed by atoms with Crippen LogP contribution in [-0.2, 0) is 0 Å². The van der Waals surface area contributed by atoms with Crippen molar-refractivity contribution in [2.45, 2.75) is 0 Å². The SMILES string of the molecule is COc1ccc(-c2ccc(C(=O)Nc3ccc(-c4cnco4)cc3)c(F)c2)cc1. The Labute approximate surface area is 166 Å². The van der Waals surface area contributed by atoms with Gasteiger partial charge in [0, 0.05) is 11.3 Å². The van der Waals surface area contributed by atoms with E-state index in [0.717, 1.165) is 16.9 Å². The van der Waals surface area contributed by atoms with Crippen LogP contribution in [0, 0.1) is 5.82 Å². The van der Waals surface area contributed by atoms with Crippen molar-refractivity contribution in [3.8, 4) is 28.2 Å². The number of ether oxygens (including phenoxy) is 1. The topological polar surface area (TPSA) is 64.4 Å². The molecule has 144 valence electrons. The smallest absolute Gasteiger partial charge is 0.258 e. The minimum absolute atomic E-state index is 0.0263. The Morgan fingerprint density at radius 3 is 2.28 bits per heavy atom. The summed E-state index contributed by atoms with van der Waals surface area (Å²) in [4.78, 5) is 16.4. The van der Waals surface area contributed by atoms with Crippen LogP contribution in [0.25, 0.3) is 22.5 Å². The Morgan fingerprint density at radius 2 is 1.66 bits per heavy atom. The molecule has 0 aliphatic heterocycles. The maximum Gasteiger partial charge on any atom is 0.258 e. The minimum Gasteiger partial charge on any atom is -0.497 e. The first-order valence-corrected chi connectivity index (χ1v) is 8.88. The highest BCUT2D eigenvalue weighted by Crippen LogP contribution is 2.25. The van der Waals surface area contributed by atoms with E-state index >= 15 is 0 Å². The lowest BCUT2D eigenvalue weighted by Crippen LogP contribution is -2.13. The van der Waals surface area contributed by atoms with Crippen LogP contribution in [-0.4, -0.2) is 18.0 Å².